The third-order valence-corrected chi connectivity index (χ3v) is 4.68. The highest BCUT2D eigenvalue weighted by molar-refractivity contribution is 6.04. The van der Waals surface area contributed by atoms with E-state index in [0.717, 1.165) is 12.8 Å². The van der Waals surface area contributed by atoms with Gasteiger partial charge in [-0.1, -0.05) is 0 Å². The number of carbonyl (C=O) groups excluding carboxylic acids is 1. The van der Waals surface area contributed by atoms with E-state index in [1.54, 1.807) is 11.9 Å². The fourth-order valence-electron chi connectivity index (χ4n) is 2.85. The lowest BCUT2D eigenvalue weighted by atomic mass is 9.75. The maximum Gasteiger partial charge on any atom is 0.319 e. The zero-order valence-electron chi connectivity index (χ0n) is 11.4. The molecule has 18 heavy (non-hydrogen) atoms. The normalized spacial score (nSPS) is 23.3. The average Bonchev–Trinajstić information content (AvgIpc) is 3.02. The molecule has 0 unspecified atom stereocenters. The summed E-state index contributed by atoms with van der Waals surface area (Å²) in [7, 11) is 5.79. The van der Waals surface area contributed by atoms with Gasteiger partial charge in [-0.2, -0.15) is 0 Å². The van der Waals surface area contributed by atoms with E-state index >= 15 is 0 Å². The van der Waals surface area contributed by atoms with Gasteiger partial charge in [0.1, 0.15) is 5.41 Å². The Balaban J connectivity index is 2.02. The summed E-state index contributed by atoms with van der Waals surface area (Å²) < 4.78 is 0. The van der Waals surface area contributed by atoms with E-state index in [9.17, 15) is 9.59 Å². The molecule has 0 aromatic rings. The van der Waals surface area contributed by atoms with Gasteiger partial charge in [0.05, 0.1) is 0 Å². The number of nitrogens with zero attached hydrogens (tertiary/aromatic N) is 2. The Morgan fingerprint density at radius 1 is 1.11 bits per heavy atom. The number of amides is 1. The van der Waals surface area contributed by atoms with Crippen molar-refractivity contribution in [1.82, 2.24) is 9.80 Å². The second-order valence-corrected chi connectivity index (χ2v) is 6.02. The lowest BCUT2D eigenvalue weighted by Crippen LogP contribution is -2.58. The summed E-state index contributed by atoms with van der Waals surface area (Å²) >= 11 is 0. The molecule has 5 heteroatoms. The van der Waals surface area contributed by atoms with Crippen molar-refractivity contribution < 1.29 is 14.7 Å². The first-order valence-corrected chi connectivity index (χ1v) is 6.50. The Morgan fingerprint density at radius 3 is 1.94 bits per heavy atom. The van der Waals surface area contributed by atoms with E-state index in [-0.39, 0.29) is 11.4 Å². The summed E-state index contributed by atoms with van der Waals surface area (Å²) in [5.74, 6) is -1.19. The molecule has 2 saturated carbocycles. The van der Waals surface area contributed by atoms with Crippen LogP contribution in [0.15, 0.2) is 0 Å². The molecular weight excluding hydrogens is 232 g/mol. The standard InChI is InChI=1S/C13H22N2O3/c1-14(2)12(5-4-6-12)9-15(3)10(16)13(7-8-13)11(17)18/h4-9H2,1-3H3,(H,17,18). The van der Waals surface area contributed by atoms with Crippen LogP contribution in [0.3, 0.4) is 0 Å². The fraction of sp³-hybridized carbons (Fsp3) is 0.846. The summed E-state index contributed by atoms with van der Waals surface area (Å²) in [6.07, 6.45) is 4.32. The van der Waals surface area contributed by atoms with Crippen LogP contribution >= 0.6 is 0 Å². The Morgan fingerprint density at radius 2 is 1.67 bits per heavy atom. The maximum atomic E-state index is 12.2. The van der Waals surface area contributed by atoms with Gasteiger partial charge >= 0.3 is 5.97 Å². The van der Waals surface area contributed by atoms with Crippen LogP contribution in [-0.4, -0.2) is 60.0 Å². The molecule has 0 saturated heterocycles. The van der Waals surface area contributed by atoms with Crippen molar-refractivity contribution in [3.05, 3.63) is 0 Å². The molecule has 0 aromatic heterocycles. The summed E-state index contributed by atoms with van der Waals surface area (Å²) in [5, 5.41) is 9.14. The lowest BCUT2D eigenvalue weighted by Gasteiger charge is -2.49. The van der Waals surface area contributed by atoms with Crippen molar-refractivity contribution in [1.29, 1.82) is 0 Å². The number of rotatable bonds is 5. The fourth-order valence-corrected chi connectivity index (χ4v) is 2.85. The van der Waals surface area contributed by atoms with Crippen molar-refractivity contribution in [2.75, 3.05) is 27.7 Å². The summed E-state index contributed by atoms with van der Waals surface area (Å²) in [6, 6.07) is 0. The van der Waals surface area contributed by atoms with Gasteiger partial charge in [-0.05, 0) is 46.2 Å². The lowest BCUT2D eigenvalue weighted by molar-refractivity contribution is -0.154. The van der Waals surface area contributed by atoms with E-state index in [1.807, 2.05) is 14.1 Å². The molecule has 2 rings (SSSR count). The van der Waals surface area contributed by atoms with Gasteiger partial charge in [0, 0.05) is 19.1 Å². The van der Waals surface area contributed by atoms with Gasteiger partial charge in [-0.25, -0.2) is 0 Å². The largest absolute Gasteiger partial charge is 0.480 e. The number of carbonyl (C=O) groups is 2. The van der Waals surface area contributed by atoms with Gasteiger partial charge in [0.15, 0.2) is 0 Å². The first kappa shape index (κ1) is 13.3. The topological polar surface area (TPSA) is 60.9 Å². The first-order valence-electron chi connectivity index (χ1n) is 6.50. The maximum absolute atomic E-state index is 12.2. The summed E-state index contributed by atoms with van der Waals surface area (Å²) in [6.45, 7) is 0.633. The van der Waals surface area contributed by atoms with Crippen molar-refractivity contribution in [2.45, 2.75) is 37.6 Å². The van der Waals surface area contributed by atoms with E-state index in [1.165, 1.54) is 6.42 Å². The van der Waals surface area contributed by atoms with Gasteiger partial charge in [0.2, 0.25) is 5.91 Å². The van der Waals surface area contributed by atoms with Crippen molar-refractivity contribution in [3.8, 4) is 0 Å². The molecule has 0 atom stereocenters. The smallest absolute Gasteiger partial charge is 0.319 e. The molecule has 102 valence electrons. The molecule has 5 nitrogen and oxygen atoms in total. The molecule has 2 fully saturated rings. The molecule has 0 heterocycles. The third kappa shape index (κ3) is 1.90. The summed E-state index contributed by atoms with van der Waals surface area (Å²) in [4.78, 5) is 27.2. The molecular formula is C13H22N2O3. The van der Waals surface area contributed by atoms with Crippen LogP contribution < -0.4 is 0 Å². The minimum absolute atomic E-state index is 0.0546. The van der Waals surface area contributed by atoms with Crippen LogP contribution in [0.2, 0.25) is 0 Å². The molecule has 1 amide bonds. The number of hydrogen-bond acceptors (Lipinski definition) is 3. The zero-order chi connectivity index (χ0) is 13.6. The highest BCUT2D eigenvalue weighted by Crippen LogP contribution is 2.48. The first-order chi connectivity index (χ1) is 8.34. The predicted octanol–water partition coefficient (Wildman–Crippen LogP) is 0.794. The minimum atomic E-state index is -1.11. The van der Waals surface area contributed by atoms with Gasteiger partial charge in [-0.3, -0.25) is 9.59 Å². The van der Waals surface area contributed by atoms with Crippen LogP contribution in [0.5, 0.6) is 0 Å². The third-order valence-electron chi connectivity index (χ3n) is 4.68. The SMILES string of the molecule is CN(CC1(N(C)C)CCC1)C(=O)C1(C(=O)O)CC1. The van der Waals surface area contributed by atoms with Crippen LogP contribution in [0.1, 0.15) is 32.1 Å². The Kier molecular flexibility index (Phi) is 3.13. The zero-order valence-corrected chi connectivity index (χ0v) is 11.4. The quantitative estimate of drug-likeness (QED) is 0.737. The van der Waals surface area contributed by atoms with Crippen molar-refractivity contribution in [2.24, 2.45) is 5.41 Å². The second kappa shape index (κ2) is 4.23. The molecule has 1 N–H and O–H groups in total. The van der Waals surface area contributed by atoms with Crippen LogP contribution in [0.25, 0.3) is 0 Å². The monoisotopic (exact) mass is 254 g/mol. The van der Waals surface area contributed by atoms with Crippen LogP contribution in [0, 0.1) is 5.41 Å². The van der Waals surface area contributed by atoms with Crippen LogP contribution in [0.4, 0.5) is 0 Å². The molecule has 0 radical (unpaired) electrons. The molecule has 0 aromatic carbocycles. The minimum Gasteiger partial charge on any atom is -0.480 e. The highest BCUT2D eigenvalue weighted by Gasteiger charge is 2.58. The highest BCUT2D eigenvalue weighted by atomic mass is 16.4. The number of carboxylic acid groups (broad SMARTS) is 1. The number of aliphatic carboxylic acids is 1. The van der Waals surface area contributed by atoms with Gasteiger partial charge in [-0.15, -0.1) is 0 Å². The van der Waals surface area contributed by atoms with E-state index in [0.29, 0.717) is 19.4 Å². The Labute approximate surface area is 108 Å². The average molecular weight is 254 g/mol. The molecule has 0 spiro atoms. The molecule has 0 aliphatic heterocycles. The second-order valence-electron chi connectivity index (χ2n) is 6.02. The number of carboxylic acids is 1. The predicted molar refractivity (Wildman–Crippen MR) is 67.2 cm³/mol. The molecule has 2 aliphatic carbocycles. The van der Waals surface area contributed by atoms with E-state index in [2.05, 4.69) is 4.90 Å². The van der Waals surface area contributed by atoms with Crippen molar-refractivity contribution in [3.63, 3.8) is 0 Å². The van der Waals surface area contributed by atoms with E-state index < -0.39 is 11.4 Å². The molecule has 2 aliphatic rings. The number of likely N-dealkylation sites (N-methyl/N-ethyl adjacent to an activating group) is 2. The summed E-state index contributed by atoms with van der Waals surface area (Å²) in [5.41, 5.74) is -1.05. The van der Waals surface area contributed by atoms with Crippen molar-refractivity contribution >= 4 is 11.9 Å². The van der Waals surface area contributed by atoms with Gasteiger partial charge in [0.25, 0.3) is 0 Å². The molecule has 0 bridgehead atoms. The Hall–Kier alpha value is -1.10. The van der Waals surface area contributed by atoms with E-state index in [4.69, 9.17) is 5.11 Å². The number of hydrogen-bond donors (Lipinski definition) is 1. The van der Waals surface area contributed by atoms with Crippen LogP contribution in [-0.2, 0) is 9.59 Å². The Bertz CT molecular complexity index is 370. The van der Waals surface area contributed by atoms with Gasteiger partial charge < -0.3 is 14.9 Å².